The highest BCUT2D eigenvalue weighted by Crippen LogP contribution is 2.33. The molecule has 1 aliphatic rings. The van der Waals surface area contributed by atoms with Crippen LogP contribution in [0.3, 0.4) is 0 Å². The van der Waals surface area contributed by atoms with Crippen molar-refractivity contribution in [2.75, 3.05) is 6.61 Å². The molecule has 4 rings (SSSR count). The van der Waals surface area contributed by atoms with Crippen LogP contribution in [0.1, 0.15) is 12.0 Å². The Kier molecular flexibility index (Phi) is 4.28. The zero-order chi connectivity index (χ0) is 17.2. The van der Waals surface area contributed by atoms with Gasteiger partial charge in [0.25, 0.3) is 0 Å². The van der Waals surface area contributed by atoms with E-state index in [0.29, 0.717) is 13.0 Å². The van der Waals surface area contributed by atoms with Crippen LogP contribution in [0, 0.1) is 6.92 Å². The number of para-hydroxylation sites is 1. The molecule has 0 radical (unpaired) electrons. The Bertz CT molecular complexity index is 891. The number of aryl methyl sites for hydroxylation is 1. The zero-order valence-electron chi connectivity index (χ0n) is 13.8. The van der Waals surface area contributed by atoms with Crippen LogP contribution in [0.5, 0.6) is 0 Å². The summed E-state index contributed by atoms with van der Waals surface area (Å²) in [5.41, 5.74) is 3.20. The van der Waals surface area contributed by atoms with Crippen LogP contribution < -0.4 is 0 Å². The van der Waals surface area contributed by atoms with Gasteiger partial charge in [0.05, 0.1) is 11.7 Å². The van der Waals surface area contributed by atoms with Gasteiger partial charge in [-0.2, -0.15) is 0 Å². The molecule has 1 fully saturated rings. The van der Waals surface area contributed by atoms with E-state index in [9.17, 15) is 4.79 Å². The summed E-state index contributed by atoms with van der Waals surface area (Å²) in [5, 5.41) is 9.65. The lowest BCUT2D eigenvalue weighted by Crippen LogP contribution is -2.05. The van der Waals surface area contributed by atoms with Crippen LogP contribution in [0.4, 0.5) is 0 Å². The topological polar surface area (TPSA) is 57.0 Å². The number of nitrogens with zero attached hydrogens (tertiary/aromatic N) is 3. The highest BCUT2D eigenvalue weighted by atomic mass is 32.2. The normalized spacial score (nSPS) is 16.8. The molecule has 1 unspecified atom stereocenters. The summed E-state index contributed by atoms with van der Waals surface area (Å²) in [4.78, 5) is 11.4. The third kappa shape index (κ3) is 3.30. The fourth-order valence-corrected chi connectivity index (χ4v) is 3.80. The fraction of sp³-hybridized carbons (Fsp3) is 0.211. The molecule has 0 bridgehead atoms. The lowest BCUT2D eigenvalue weighted by Gasteiger charge is -2.11. The zero-order valence-corrected chi connectivity index (χ0v) is 14.6. The number of thioether (sulfide) groups is 1. The molecule has 3 aromatic rings. The standard InChI is InChI=1S/C19H17N3O2S/c1-13-7-9-14(10-8-13)18-20-21-19(25-16-11-17(23)24-12-16)22(18)15-5-3-2-4-6-15/h2-10,16H,11-12H2,1H3. The van der Waals surface area contributed by atoms with Gasteiger partial charge in [0.1, 0.15) is 6.61 Å². The SMILES string of the molecule is Cc1ccc(-c2nnc(SC3COC(=O)C3)n2-c2ccccc2)cc1. The maximum absolute atomic E-state index is 11.4. The van der Waals surface area contributed by atoms with Gasteiger partial charge in [-0.1, -0.05) is 59.8 Å². The molecule has 0 amide bonds. The summed E-state index contributed by atoms with van der Waals surface area (Å²) >= 11 is 1.54. The van der Waals surface area contributed by atoms with Crippen molar-refractivity contribution in [1.82, 2.24) is 14.8 Å². The first kappa shape index (κ1) is 15.9. The van der Waals surface area contributed by atoms with Crippen molar-refractivity contribution in [3.63, 3.8) is 0 Å². The first-order chi connectivity index (χ1) is 12.2. The molecular formula is C19H17N3O2S. The molecule has 0 aliphatic carbocycles. The van der Waals surface area contributed by atoms with Gasteiger partial charge in [0.15, 0.2) is 11.0 Å². The Labute approximate surface area is 150 Å². The van der Waals surface area contributed by atoms with E-state index >= 15 is 0 Å². The Balaban J connectivity index is 1.76. The first-order valence-electron chi connectivity index (χ1n) is 8.11. The Morgan fingerprint density at radius 1 is 1.08 bits per heavy atom. The third-order valence-electron chi connectivity index (χ3n) is 4.05. The van der Waals surface area contributed by atoms with Crippen molar-refractivity contribution < 1.29 is 9.53 Å². The lowest BCUT2D eigenvalue weighted by atomic mass is 10.1. The van der Waals surface area contributed by atoms with Gasteiger partial charge in [0, 0.05) is 11.3 Å². The second-order valence-electron chi connectivity index (χ2n) is 5.97. The van der Waals surface area contributed by atoms with Crippen molar-refractivity contribution in [3.05, 3.63) is 60.2 Å². The summed E-state index contributed by atoms with van der Waals surface area (Å²) in [7, 11) is 0. The maximum atomic E-state index is 11.4. The molecule has 2 aromatic carbocycles. The number of ether oxygens (including phenoxy) is 1. The van der Waals surface area contributed by atoms with Gasteiger partial charge in [-0.15, -0.1) is 10.2 Å². The first-order valence-corrected chi connectivity index (χ1v) is 8.99. The lowest BCUT2D eigenvalue weighted by molar-refractivity contribution is -0.137. The number of carbonyl (C=O) groups is 1. The van der Waals surface area contributed by atoms with Gasteiger partial charge in [-0.05, 0) is 19.1 Å². The fourth-order valence-electron chi connectivity index (χ4n) is 2.76. The van der Waals surface area contributed by atoms with Crippen molar-refractivity contribution >= 4 is 17.7 Å². The smallest absolute Gasteiger partial charge is 0.307 e. The summed E-state index contributed by atoms with van der Waals surface area (Å²) < 4.78 is 7.11. The maximum Gasteiger partial charge on any atom is 0.307 e. The van der Waals surface area contributed by atoms with Crippen LogP contribution in [0.2, 0.25) is 0 Å². The molecule has 1 saturated heterocycles. The van der Waals surface area contributed by atoms with Crippen LogP contribution in [0.25, 0.3) is 17.1 Å². The van der Waals surface area contributed by atoms with E-state index in [-0.39, 0.29) is 11.2 Å². The quantitative estimate of drug-likeness (QED) is 0.672. The third-order valence-corrected chi connectivity index (χ3v) is 5.17. The molecule has 0 spiro atoms. The van der Waals surface area contributed by atoms with Gasteiger partial charge in [-0.3, -0.25) is 9.36 Å². The van der Waals surface area contributed by atoms with E-state index in [1.807, 2.05) is 34.9 Å². The highest BCUT2D eigenvalue weighted by molar-refractivity contribution is 7.99. The number of hydrogen-bond donors (Lipinski definition) is 0. The number of esters is 1. The highest BCUT2D eigenvalue weighted by Gasteiger charge is 2.27. The number of carbonyl (C=O) groups excluding carboxylic acids is 1. The average molecular weight is 351 g/mol. The molecule has 5 nitrogen and oxygen atoms in total. The average Bonchev–Trinajstić information content (AvgIpc) is 3.23. The minimum absolute atomic E-state index is 0.0741. The van der Waals surface area contributed by atoms with Gasteiger partial charge in [0.2, 0.25) is 0 Å². The second-order valence-corrected chi connectivity index (χ2v) is 7.24. The molecule has 0 saturated carbocycles. The van der Waals surface area contributed by atoms with E-state index < -0.39 is 0 Å². The van der Waals surface area contributed by atoms with Crippen molar-refractivity contribution in [2.24, 2.45) is 0 Å². The van der Waals surface area contributed by atoms with Gasteiger partial charge in [-0.25, -0.2) is 0 Å². The second kappa shape index (κ2) is 6.72. The molecule has 126 valence electrons. The summed E-state index contributed by atoms with van der Waals surface area (Å²) in [6.45, 7) is 2.48. The molecule has 1 atom stereocenters. The van der Waals surface area contributed by atoms with E-state index in [4.69, 9.17) is 4.74 Å². The van der Waals surface area contributed by atoms with Gasteiger partial charge < -0.3 is 4.74 Å². The predicted octanol–water partition coefficient (Wildman–Crippen LogP) is 3.65. The number of benzene rings is 2. The van der Waals surface area contributed by atoms with Crippen molar-refractivity contribution in [1.29, 1.82) is 0 Å². The van der Waals surface area contributed by atoms with Gasteiger partial charge >= 0.3 is 5.97 Å². The number of rotatable bonds is 4. The number of aromatic nitrogens is 3. The van der Waals surface area contributed by atoms with Crippen LogP contribution in [-0.2, 0) is 9.53 Å². The van der Waals surface area contributed by atoms with E-state index in [1.165, 1.54) is 17.3 Å². The summed E-state index contributed by atoms with van der Waals surface area (Å²) in [6, 6.07) is 18.3. The number of hydrogen-bond acceptors (Lipinski definition) is 5. The molecule has 2 heterocycles. The molecule has 25 heavy (non-hydrogen) atoms. The Hall–Kier alpha value is -2.60. The van der Waals surface area contributed by atoms with Crippen LogP contribution >= 0.6 is 11.8 Å². The van der Waals surface area contributed by atoms with Crippen molar-refractivity contribution in [2.45, 2.75) is 23.8 Å². The van der Waals surface area contributed by atoms with E-state index in [1.54, 1.807) is 0 Å². The Morgan fingerprint density at radius 3 is 2.52 bits per heavy atom. The summed E-state index contributed by atoms with van der Waals surface area (Å²) in [6.07, 6.45) is 0.409. The minimum Gasteiger partial charge on any atom is -0.464 e. The largest absolute Gasteiger partial charge is 0.464 e. The molecule has 0 N–H and O–H groups in total. The monoisotopic (exact) mass is 351 g/mol. The van der Waals surface area contributed by atoms with E-state index in [2.05, 4.69) is 41.4 Å². The molecule has 1 aliphatic heterocycles. The van der Waals surface area contributed by atoms with Crippen LogP contribution in [0.15, 0.2) is 59.8 Å². The minimum atomic E-state index is -0.151. The van der Waals surface area contributed by atoms with E-state index in [0.717, 1.165) is 22.2 Å². The predicted molar refractivity (Wildman–Crippen MR) is 96.8 cm³/mol. The molecular weight excluding hydrogens is 334 g/mol. The Morgan fingerprint density at radius 2 is 1.84 bits per heavy atom. The van der Waals surface area contributed by atoms with Crippen LogP contribution in [-0.4, -0.2) is 32.6 Å². The molecule has 6 heteroatoms. The number of cyclic esters (lactones) is 1. The van der Waals surface area contributed by atoms with Crippen molar-refractivity contribution in [3.8, 4) is 17.1 Å². The summed E-state index contributed by atoms with van der Waals surface area (Å²) in [5.74, 6) is 0.640. The molecule has 1 aromatic heterocycles.